The molecular weight excluding hydrogens is 152 g/mol. The normalized spacial score (nSPS) is 13.2. The molecule has 2 N–H and O–H groups in total. The molecule has 0 aliphatic rings. The van der Waals surface area contributed by atoms with Crippen LogP contribution in [0.2, 0.25) is 0 Å². The van der Waals surface area contributed by atoms with E-state index in [1.54, 1.807) is 12.4 Å². The van der Waals surface area contributed by atoms with Gasteiger partial charge in [-0.25, -0.2) is 4.98 Å². The minimum Gasteiger partial charge on any atom is -0.385 e. The van der Waals surface area contributed by atoms with Gasteiger partial charge in [0.25, 0.3) is 0 Å². The van der Waals surface area contributed by atoms with Gasteiger partial charge < -0.3 is 10.1 Å². The van der Waals surface area contributed by atoms with E-state index in [-0.39, 0.29) is 0 Å². The molecule has 0 saturated carbocycles. The second-order valence-corrected chi connectivity index (χ2v) is 2.99. The maximum absolute atomic E-state index is 9.54. The number of imidazole rings is 1. The SMILES string of the molecule is CCCCCC(O)c1ncc[nH]1. The number of aliphatic hydroxyl groups is 1. The van der Waals surface area contributed by atoms with Crippen LogP contribution < -0.4 is 0 Å². The number of nitrogens with zero attached hydrogens (tertiary/aromatic N) is 1. The second-order valence-electron chi connectivity index (χ2n) is 2.99. The highest BCUT2D eigenvalue weighted by Crippen LogP contribution is 2.15. The number of H-pyrrole nitrogens is 1. The van der Waals surface area contributed by atoms with Crippen LogP contribution in [0.1, 0.15) is 44.5 Å². The summed E-state index contributed by atoms with van der Waals surface area (Å²) >= 11 is 0. The van der Waals surface area contributed by atoms with Crippen molar-refractivity contribution < 1.29 is 5.11 Å². The van der Waals surface area contributed by atoms with Gasteiger partial charge in [-0.15, -0.1) is 0 Å². The third kappa shape index (κ3) is 2.66. The molecule has 0 aromatic carbocycles. The quantitative estimate of drug-likeness (QED) is 0.661. The fourth-order valence-corrected chi connectivity index (χ4v) is 1.18. The van der Waals surface area contributed by atoms with Crippen LogP contribution in [-0.2, 0) is 0 Å². The van der Waals surface area contributed by atoms with E-state index in [0.717, 1.165) is 12.8 Å². The summed E-state index contributed by atoms with van der Waals surface area (Å²) in [5, 5.41) is 9.54. The molecule has 1 unspecified atom stereocenters. The van der Waals surface area contributed by atoms with Crippen LogP contribution in [-0.4, -0.2) is 15.1 Å². The number of hydrogen-bond donors (Lipinski definition) is 2. The lowest BCUT2D eigenvalue weighted by molar-refractivity contribution is 0.155. The fourth-order valence-electron chi connectivity index (χ4n) is 1.18. The van der Waals surface area contributed by atoms with Gasteiger partial charge in [0, 0.05) is 12.4 Å². The van der Waals surface area contributed by atoms with Gasteiger partial charge in [-0.3, -0.25) is 0 Å². The number of aromatic nitrogens is 2. The molecule has 0 bridgehead atoms. The van der Waals surface area contributed by atoms with E-state index in [1.165, 1.54) is 12.8 Å². The van der Waals surface area contributed by atoms with Gasteiger partial charge in [-0.2, -0.15) is 0 Å². The first-order valence-electron chi connectivity index (χ1n) is 4.52. The molecule has 0 fully saturated rings. The van der Waals surface area contributed by atoms with Gasteiger partial charge in [0.15, 0.2) is 0 Å². The first-order valence-corrected chi connectivity index (χ1v) is 4.52. The van der Waals surface area contributed by atoms with Crippen molar-refractivity contribution in [2.24, 2.45) is 0 Å². The average molecular weight is 168 g/mol. The summed E-state index contributed by atoms with van der Waals surface area (Å²) in [5.74, 6) is 0.686. The molecule has 3 heteroatoms. The lowest BCUT2D eigenvalue weighted by Gasteiger charge is -2.05. The van der Waals surface area contributed by atoms with Crippen LogP contribution in [0.15, 0.2) is 12.4 Å². The molecule has 1 aromatic rings. The van der Waals surface area contributed by atoms with Crippen molar-refractivity contribution in [2.45, 2.75) is 38.7 Å². The van der Waals surface area contributed by atoms with Crippen molar-refractivity contribution >= 4 is 0 Å². The molecule has 1 aromatic heterocycles. The average Bonchev–Trinajstić information content (AvgIpc) is 2.56. The molecule has 0 aliphatic carbocycles. The lowest BCUT2D eigenvalue weighted by Crippen LogP contribution is -1.99. The summed E-state index contributed by atoms with van der Waals surface area (Å²) in [6, 6.07) is 0. The van der Waals surface area contributed by atoms with E-state index in [2.05, 4.69) is 16.9 Å². The largest absolute Gasteiger partial charge is 0.385 e. The first kappa shape index (κ1) is 9.26. The van der Waals surface area contributed by atoms with Crippen LogP contribution >= 0.6 is 0 Å². The summed E-state index contributed by atoms with van der Waals surface area (Å²) < 4.78 is 0. The van der Waals surface area contributed by atoms with Gasteiger partial charge in [0.05, 0.1) is 0 Å². The Morgan fingerprint density at radius 3 is 3.00 bits per heavy atom. The molecule has 68 valence electrons. The highest BCUT2D eigenvalue weighted by molar-refractivity contribution is 4.91. The molecule has 1 rings (SSSR count). The maximum atomic E-state index is 9.54. The topological polar surface area (TPSA) is 48.9 Å². The maximum Gasteiger partial charge on any atom is 0.134 e. The van der Waals surface area contributed by atoms with Crippen molar-refractivity contribution in [2.75, 3.05) is 0 Å². The van der Waals surface area contributed by atoms with E-state index < -0.39 is 6.10 Å². The summed E-state index contributed by atoms with van der Waals surface area (Å²) in [7, 11) is 0. The predicted molar refractivity (Wildman–Crippen MR) is 47.7 cm³/mol. The number of hydrogen-bond acceptors (Lipinski definition) is 2. The molecule has 12 heavy (non-hydrogen) atoms. The van der Waals surface area contributed by atoms with Crippen molar-refractivity contribution in [3.8, 4) is 0 Å². The Morgan fingerprint density at radius 1 is 1.58 bits per heavy atom. The van der Waals surface area contributed by atoms with Crippen molar-refractivity contribution in [3.63, 3.8) is 0 Å². The first-order chi connectivity index (χ1) is 5.84. The predicted octanol–water partition coefficient (Wildman–Crippen LogP) is 2.02. The molecule has 0 spiro atoms. The van der Waals surface area contributed by atoms with Gasteiger partial charge in [-0.05, 0) is 6.42 Å². The molecule has 0 aliphatic heterocycles. The van der Waals surface area contributed by atoms with Crippen LogP contribution in [0.4, 0.5) is 0 Å². The third-order valence-electron chi connectivity index (χ3n) is 1.92. The van der Waals surface area contributed by atoms with Crippen molar-refractivity contribution in [3.05, 3.63) is 18.2 Å². The molecular formula is C9H16N2O. The number of aliphatic hydroxyl groups excluding tert-OH is 1. The standard InChI is InChI=1S/C9H16N2O/c1-2-3-4-5-8(12)9-10-6-7-11-9/h6-8,12H,2-5H2,1H3,(H,10,11). The highest BCUT2D eigenvalue weighted by atomic mass is 16.3. The molecule has 1 heterocycles. The Balaban J connectivity index is 2.25. The molecule has 0 saturated heterocycles. The Bertz CT molecular complexity index is 196. The van der Waals surface area contributed by atoms with E-state index in [4.69, 9.17) is 0 Å². The van der Waals surface area contributed by atoms with Crippen molar-refractivity contribution in [1.82, 2.24) is 9.97 Å². The summed E-state index contributed by atoms with van der Waals surface area (Å²) in [6.07, 6.45) is 7.23. The zero-order chi connectivity index (χ0) is 8.81. The molecule has 3 nitrogen and oxygen atoms in total. The minimum atomic E-state index is -0.411. The second kappa shape index (κ2) is 4.93. The molecule has 0 amide bonds. The fraction of sp³-hybridized carbons (Fsp3) is 0.667. The van der Waals surface area contributed by atoms with Crippen LogP contribution in [0.25, 0.3) is 0 Å². The Morgan fingerprint density at radius 2 is 2.42 bits per heavy atom. The number of aromatic amines is 1. The van der Waals surface area contributed by atoms with Gasteiger partial charge in [-0.1, -0.05) is 26.2 Å². The number of unbranched alkanes of at least 4 members (excludes halogenated alkanes) is 2. The summed E-state index contributed by atoms with van der Waals surface area (Å²) in [4.78, 5) is 6.89. The minimum absolute atomic E-state index is 0.411. The van der Waals surface area contributed by atoms with Crippen LogP contribution in [0.5, 0.6) is 0 Å². The molecule has 1 atom stereocenters. The van der Waals surface area contributed by atoms with E-state index in [0.29, 0.717) is 5.82 Å². The zero-order valence-electron chi connectivity index (χ0n) is 7.45. The Hall–Kier alpha value is -0.830. The van der Waals surface area contributed by atoms with E-state index in [9.17, 15) is 5.11 Å². The van der Waals surface area contributed by atoms with Gasteiger partial charge >= 0.3 is 0 Å². The summed E-state index contributed by atoms with van der Waals surface area (Å²) in [5.41, 5.74) is 0. The monoisotopic (exact) mass is 168 g/mol. The smallest absolute Gasteiger partial charge is 0.134 e. The zero-order valence-corrected chi connectivity index (χ0v) is 7.45. The Kier molecular flexibility index (Phi) is 3.80. The van der Waals surface area contributed by atoms with Crippen molar-refractivity contribution in [1.29, 1.82) is 0 Å². The van der Waals surface area contributed by atoms with Crippen LogP contribution in [0.3, 0.4) is 0 Å². The summed E-state index contributed by atoms with van der Waals surface area (Å²) in [6.45, 7) is 2.15. The molecule has 0 radical (unpaired) electrons. The highest BCUT2D eigenvalue weighted by Gasteiger charge is 2.07. The van der Waals surface area contributed by atoms with E-state index in [1.807, 2.05) is 0 Å². The Labute approximate surface area is 72.8 Å². The van der Waals surface area contributed by atoms with Gasteiger partial charge in [0.2, 0.25) is 0 Å². The van der Waals surface area contributed by atoms with Crippen LogP contribution in [0, 0.1) is 0 Å². The lowest BCUT2D eigenvalue weighted by atomic mass is 10.1. The number of rotatable bonds is 5. The van der Waals surface area contributed by atoms with Gasteiger partial charge in [0.1, 0.15) is 11.9 Å². The third-order valence-corrected chi connectivity index (χ3v) is 1.92. The number of nitrogens with one attached hydrogen (secondary N) is 1. The van der Waals surface area contributed by atoms with E-state index >= 15 is 0 Å².